The Hall–Kier alpha value is -3.08. The fourth-order valence-electron chi connectivity index (χ4n) is 3.28. The normalized spacial score (nSPS) is 10.7. The minimum Gasteiger partial charge on any atom is -0.497 e. The number of amides is 1. The van der Waals surface area contributed by atoms with E-state index < -0.39 is 0 Å². The van der Waals surface area contributed by atoms with Crippen LogP contribution < -0.4 is 15.6 Å². The van der Waals surface area contributed by atoms with E-state index in [-0.39, 0.29) is 11.5 Å². The molecule has 1 heterocycles. The highest BCUT2D eigenvalue weighted by molar-refractivity contribution is 5.91. The third kappa shape index (κ3) is 3.20. The van der Waals surface area contributed by atoms with Crippen molar-refractivity contribution in [2.75, 3.05) is 14.2 Å². The van der Waals surface area contributed by atoms with Crippen LogP contribution in [0.4, 0.5) is 0 Å². The number of carbonyl (C=O) groups excluding carboxylic acids is 1. The lowest BCUT2D eigenvalue weighted by molar-refractivity contribution is -0.120. The van der Waals surface area contributed by atoms with Crippen LogP contribution >= 0.6 is 0 Å². The summed E-state index contributed by atoms with van der Waals surface area (Å²) in [5, 5.41) is 4.11. The van der Waals surface area contributed by atoms with Gasteiger partial charge in [0.05, 0.1) is 12.8 Å². The first kappa shape index (κ1) is 17.7. The quantitative estimate of drug-likeness (QED) is 0.770. The standard InChI is InChI=1S/C21H22N2O3/c1-22-19(24)12-11-16-18-13-15(26-3)9-10-17(18)21(25)23(2)20(16)14-7-5-4-6-8-14/h4-10,13H,11-12H2,1-3H3,(H,22,24). The number of nitrogens with one attached hydrogen (secondary N) is 1. The Morgan fingerprint density at radius 1 is 1.12 bits per heavy atom. The monoisotopic (exact) mass is 350 g/mol. The largest absolute Gasteiger partial charge is 0.497 e. The van der Waals surface area contributed by atoms with E-state index in [1.165, 1.54) is 0 Å². The lowest BCUT2D eigenvalue weighted by atomic mass is 9.95. The fraction of sp³-hybridized carbons (Fsp3) is 0.238. The van der Waals surface area contributed by atoms with Crippen molar-refractivity contribution in [3.05, 3.63) is 64.4 Å². The highest BCUT2D eigenvalue weighted by Gasteiger charge is 2.17. The summed E-state index contributed by atoms with van der Waals surface area (Å²) in [6.07, 6.45) is 0.878. The number of fused-ring (bicyclic) bond motifs is 1. The van der Waals surface area contributed by atoms with Crippen LogP contribution in [0.15, 0.2) is 53.3 Å². The predicted octanol–water partition coefficient (Wildman–Crippen LogP) is 2.89. The Morgan fingerprint density at radius 3 is 2.50 bits per heavy atom. The molecule has 0 fully saturated rings. The van der Waals surface area contributed by atoms with Crippen molar-refractivity contribution >= 4 is 16.7 Å². The second-order valence-electron chi connectivity index (χ2n) is 6.14. The van der Waals surface area contributed by atoms with Crippen molar-refractivity contribution in [3.63, 3.8) is 0 Å². The van der Waals surface area contributed by atoms with Crippen molar-refractivity contribution in [1.29, 1.82) is 0 Å². The third-order valence-electron chi connectivity index (χ3n) is 4.64. The lowest BCUT2D eigenvalue weighted by Crippen LogP contribution is -2.22. The van der Waals surface area contributed by atoms with Gasteiger partial charge in [0.2, 0.25) is 5.91 Å². The number of ether oxygens (including phenoxy) is 1. The molecule has 0 aliphatic heterocycles. The fourth-order valence-corrected chi connectivity index (χ4v) is 3.28. The molecule has 0 aliphatic carbocycles. The number of aryl methyl sites for hydroxylation is 1. The Kier molecular flexibility index (Phi) is 5.07. The van der Waals surface area contributed by atoms with Gasteiger partial charge in [-0.2, -0.15) is 0 Å². The molecule has 1 N–H and O–H groups in total. The number of carbonyl (C=O) groups is 1. The van der Waals surface area contributed by atoms with Crippen LogP contribution in [-0.4, -0.2) is 24.6 Å². The van der Waals surface area contributed by atoms with Gasteiger partial charge in [0.25, 0.3) is 5.56 Å². The minimum atomic E-state index is -0.0646. The van der Waals surface area contributed by atoms with Gasteiger partial charge in [0, 0.05) is 25.9 Å². The summed E-state index contributed by atoms with van der Waals surface area (Å²) in [6.45, 7) is 0. The summed E-state index contributed by atoms with van der Waals surface area (Å²) in [4.78, 5) is 24.8. The van der Waals surface area contributed by atoms with Gasteiger partial charge in [-0.25, -0.2) is 0 Å². The van der Waals surface area contributed by atoms with Crippen LogP contribution in [0.2, 0.25) is 0 Å². The lowest BCUT2D eigenvalue weighted by Gasteiger charge is -2.18. The first-order valence-electron chi connectivity index (χ1n) is 8.52. The summed E-state index contributed by atoms with van der Waals surface area (Å²) in [5.41, 5.74) is 2.69. The van der Waals surface area contributed by atoms with Gasteiger partial charge in [-0.1, -0.05) is 30.3 Å². The molecule has 0 atom stereocenters. The van der Waals surface area contributed by atoms with Gasteiger partial charge >= 0.3 is 0 Å². The van der Waals surface area contributed by atoms with Gasteiger partial charge in [0.1, 0.15) is 5.75 Å². The maximum atomic E-state index is 12.9. The molecule has 0 spiro atoms. The van der Waals surface area contributed by atoms with E-state index in [2.05, 4.69) is 5.32 Å². The summed E-state index contributed by atoms with van der Waals surface area (Å²) >= 11 is 0. The number of methoxy groups -OCH3 is 1. The number of hydrogen-bond acceptors (Lipinski definition) is 3. The van der Waals surface area contributed by atoms with E-state index in [1.807, 2.05) is 36.4 Å². The van der Waals surface area contributed by atoms with E-state index in [0.29, 0.717) is 24.0 Å². The summed E-state index contributed by atoms with van der Waals surface area (Å²) < 4.78 is 7.02. The Labute approximate surface area is 152 Å². The molecule has 2 aromatic carbocycles. The highest BCUT2D eigenvalue weighted by Crippen LogP contribution is 2.31. The molecule has 0 aliphatic rings. The topological polar surface area (TPSA) is 60.3 Å². The van der Waals surface area contributed by atoms with E-state index >= 15 is 0 Å². The summed E-state index contributed by atoms with van der Waals surface area (Å²) in [6, 6.07) is 15.2. The number of benzene rings is 2. The number of rotatable bonds is 5. The third-order valence-corrected chi connectivity index (χ3v) is 4.64. The van der Waals surface area contributed by atoms with Crippen LogP contribution in [0.25, 0.3) is 22.0 Å². The smallest absolute Gasteiger partial charge is 0.258 e. The van der Waals surface area contributed by atoms with Crippen LogP contribution in [0.5, 0.6) is 5.75 Å². The molecular weight excluding hydrogens is 328 g/mol. The molecule has 1 amide bonds. The van der Waals surface area contributed by atoms with E-state index in [9.17, 15) is 9.59 Å². The van der Waals surface area contributed by atoms with Gasteiger partial charge < -0.3 is 14.6 Å². The zero-order valence-electron chi connectivity index (χ0n) is 15.2. The van der Waals surface area contributed by atoms with Crippen LogP contribution in [0, 0.1) is 0 Å². The molecule has 26 heavy (non-hydrogen) atoms. The summed E-state index contributed by atoms with van der Waals surface area (Å²) in [7, 11) is 5.00. The Morgan fingerprint density at radius 2 is 1.85 bits per heavy atom. The molecule has 5 heteroatoms. The van der Waals surface area contributed by atoms with Crippen LogP contribution in [0.1, 0.15) is 12.0 Å². The molecular formula is C21H22N2O3. The maximum Gasteiger partial charge on any atom is 0.258 e. The molecule has 0 radical (unpaired) electrons. The summed E-state index contributed by atoms with van der Waals surface area (Å²) in [5.74, 6) is 0.653. The van der Waals surface area contributed by atoms with E-state index in [1.54, 1.807) is 37.9 Å². The van der Waals surface area contributed by atoms with Crippen LogP contribution in [-0.2, 0) is 18.3 Å². The molecule has 0 saturated heterocycles. The number of pyridine rings is 1. The van der Waals surface area contributed by atoms with E-state index in [4.69, 9.17) is 4.74 Å². The molecule has 0 saturated carbocycles. The van der Waals surface area contributed by atoms with Gasteiger partial charge in [-0.05, 0) is 41.1 Å². The average molecular weight is 350 g/mol. The first-order valence-corrected chi connectivity index (χ1v) is 8.52. The van der Waals surface area contributed by atoms with Crippen molar-refractivity contribution < 1.29 is 9.53 Å². The maximum absolute atomic E-state index is 12.9. The second kappa shape index (κ2) is 7.44. The zero-order valence-corrected chi connectivity index (χ0v) is 15.2. The van der Waals surface area contributed by atoms with Crippen LogP contribution in [0.3, 0.4) is 0 Å². The molecule has 1 aromatic heterocycles. The van der Waals surface area contributed by atoms with E-state index in [0.717, 1.165) is 22.2 Å². The Bertz CT molecular complexity index is 1010. The van der Waals surface area contributed by atoms with Crippen molar-refractivity contribution in [3.8, 4) is 17.0 Å². The SMILES string of the molecule is CNC(=O)CCc1c(-c2ccccc2)n(C)c(=O)c2ccc(OC)cc12. The molecule has 5 nitrogen and oxygen atoms in total. The van der Waals surface area contributed by atoms with Gasteiger partial charge in [0.15, 0.2) is 0 Å². The zero-order chi connectivity index (χ0) is 18.7. The predicted molar refractivity (Wildman–Crippen MR) is 104 cm³/mol. The highest BCUT2D eigenvalue weighted by atomic mass is 16.5. The minimum absolute atomic E-state index is 0.0334. The molecule has 3 rings (SSSR count). The Balaban J connectivity index is 2.33. The first-order chi connectivity index (χ1) is 12.6. The average Bonchev–Trinajstić information content (AvgIpc) is 2.69. The molecule has 0 bridgehead atoms. The number of aromatic nitrogens is 1. The second-order valence-corrected chi connectivity index (χ2v) is 6.14. The number of hydrogen-bond donors (Lipinski definition) is 1. The van der Waals surface area contributed by atoms with Gasteiger partial charge in [-0.3, -0.25) is 9.59 Å². The van der Waals surface area contributed by atoms with Crippen molar-refractivity contribution in [1.82, 2.24) is 9.88 Å². The van der Waals surface area contributed by atoms with Gasteiger partial charge in [-0.15, -0.1) is 0 Å². The van der Waals surface area contributed by atoms with Crippen molar-refractivity contribution in [2.45, 2.75) is 12.8 Å². The molecule has 134 valence electrons. The van der Waals surface area contributed by atoms with Crippen molar-refractivity contribution in [2.24, 2.45) is 7.05 Å². The molecule has 3 aromatic rings. The molecule has 0 unspecified atom stereocenters. The number of nitrogens with zero attached hydrogens (tertiary/aromatic N) is 1.